The lowest BCUT2D eigenvalue weighted by Gasteiger charge is -2.08. The SMILES string of the molecule is Nc1nc(Nc2ccc(Cl)cc2)cc(-c2ccccc2)n1. The lowest BCUT2D eigenvalue weighted by atomic mass is 10.1. The van der Waals surface area contributed by atoms with Crippen LogP contribution in [0, 0.1) is 0 Å². The molecule has 0 saturated heterocycles. The zero-order chi connectivity index (χ0) is 14.7. The molecule has 0 amide bonds. The molecule has 0 atom stereocenters. The van der Waals surface area contributed by atoms with E-state index < -0.39 is 0 Å². The third kappa shape index (κ3) is 3.30. The molecule has 3 aromatic rings. The first-order valence-electron chi connectivity index (χ1n) is 6.43. The van der Waals surface area contributed by atoms with E-state index in [-0.39, 0.29) is 5.95 Å². The van der Waals surface area contributed by atoms with E-state index in [1.54, 1.807) is 0 Å². The molecule has 0 spiro atoms. The highest BCUT2D eigenvalue weighted by molar-refractivity contribution is 6.30. The van der Waals surface area contributed by atoms with Gasteiger partial charge in [0, 0.05) is 22.3 Å². The van der Waals surface area contributed by atoms with Crippen molar-refractivity contribution in [3.8, 4) is 11.3 Å². The molecule has 3 N–H and O–H groups in total. The summed E-state index contributed by atoms with van der Waals surface area (Å²) >= 11 is 5.87. The van der Waals surface area contributed by atoms with Crippen LogP contribution in [0.1, 0.15) is 0 Å². The van der Waals surface area contributed by atoms with Crippen LogP contribution in [0.15, 0.2) is 60.7 Å². The molecule has 0 aliphatic carbocycles. The maximum atomic E-state index is 5.87. The minimum absolute atomic E-state index is 0.229. The number of rotatable bonds is 3. The van der Waals surface area contributed by atoms with E-state index in [1.165, 1.54) is 0 Å². The molecular formula is C16H13ClN4. The van der Waals surface area contributed by atoms with Crippen LogP contribution in [0.4, 0.5) is 17.5 Å². The van der Waals surface area contributed by atoms with Gasteiger partial charge < -0.3 is 11.1 Å². The second-order valence-corrected chi connectivity index (χ2v) is 4.93. The fraction of sp³-hybridized carbons (Fsp3) is 0. The normalized spacial score (nSPS) is 10.3. The van der Waals surface area contributed by atoms with Crippen molar-refractivity contribution in [3.05, 3.63) is 65.7 Å². The maximum absolute atomic E-state index is 5.87. The highest BCUT2D eigenvalue weighted by atomic mass is 35.5. The van der Waals surface area contributed by atoms with Crippen LogP contribution in [0.2, 0.25) is 5.02 Å². The zero-order valence-electron chi connectivity index (χ0n) is 11.1. The summed E-state index contributed by atoms with van der Waals surface area (Å²) in [5, 5.41) is 3.88. The fourth-order valence-electron chi connectivity index (χ4n) is 1.97. The predicted molar refractivity (Wildman–Crippen MR) is 86.6 cm³/mol. The summed E-state index contributed by atoms with van der Waals surface area (Å²) in [6.45, 7) is 0. The van der Waals surface area contributed by atoms with E-state index in [1.807, 2.05) is 60.7 Å². The molecule has 104 valence electrons. The Morgan fingerprint density at radius 3 is 2.33 bits per heavy atom. The molecule has 5 heteroatoms. The molecule has 0 aliphatic rings. The molecule has 21 heavy (non-hydrogen) atoms. The molecule has 3 rings (SSSR count). The molecule has 1 heterocycles. The monoisotopic (exact) mass is 296 g/mol. The van der Waals surface area contributed by atoms with Gasteiger partial charge in [-0.1, -0.05) is 41.9 Å². The van der Waals surface area contributed by atoms with Crippen LogP contribution in [0.3, 0.4) is 0 Å². The Bertz CT molecular complexity index is 742. The van der Waals surface area contributed by atoms with Crippen molar-refractivity contribution in [3.63, 3.8) is 0 Å². The number of nitrogens with zero attached hydrogens (tertiary/aromatic N) is 2. The van der Waals surface area contributed by atoms with Gasteiger partial charge >= 0.3 is 0 Å². The van der Waals surface area contributed by atoms with Crippen molar-refractivity contribution in [2.75, 3.05) is 11.1 Å². The Hall–Kier alpha value is -2.59. The van der Waals surface area contributed by atoms with Gasteiger partial charge in [-0.05, 0) is 24.3 Å². The van der Waals surface area contributed by atoms with Crippen molar-refractivity contribution in [2.24, 2.45) is 0 Å². The molecule has 0 bridgehead atoms. The van der Waals surface area contributed by atoms with Crippen molar-refractivity contribution in [1.82, 2.24) is 9.97 Å². The highest BCUT2D eigenvalue weighted by Crippen LogP contribution is 2.23. The summed E-state index contributed by atoms with van der Waals surface area (Å²) in [5.41, 5.74) is 8.45. The third-order valence-corrected chi connectivity index (χ3v) is 3.18. The molecule has 0 unspecified atom stereocenters. The van der Waals surface area contributed by atoms with E-state index >= 15 is 0 Å². The first-order valence-corrected chi connectivity index (χ1v) is 6.81. The number of nitrogens with one attached hydrogen (secondary N) is 1. The van der Waals surface area contributed by atoms with Gasteiger partial charge in [0.25, 0.3) is 0 Å². The minimum Gasteiger partial charge on any atom is -0.368 e. The number of hydrogen-bond acceptors (Lipinski definition) is 4. The van der Waals surface area contributed by atoms with Crippen LogP contribution in [-0.4, -0.2) is 9.97 Å². The van der Waals surface area contributed by atoms with Crippen LogP contribution < -0.4 is 11.1 Å². The summed E-state index contributed by atoms with van der Waals surface area (Å²) in [5.74, 6) is 0.872. The number of nitrogens with two attached hydrogens (primary N) is 1. The summed E-state index contributed by atoms with van der Waals surface area (Å²) < 4.78 is 0. The summed E-state index contributed by atoms with van der Waals surface area (Å²) in [4.78, 5) is 8.47. The van der Waals surface area contributed by atoms with Crippen molar-refractivity contribution < 1.29 is 0 Å². The molecule has 0 aliphatic heterocycles. The van der Waals surface area contributed by atoms with E-state index in [0.29, 0.717) is 10.8 Å². The number of benzene rings is 2. The Morgan fingerprint density at radius 1 is 0.905 bits per heavy atom. The Balaban J connectivity index is 1.93. The number of nitrogen functional groups attached to an aromatic ring is 1. The molecule has 0 saturated carbocycles. The quantitative estimate of drug-likeness (QED) is 0.763. The van der Waals surface area contributed by atoms with E-state index in [4.69, 9.17) is 17.3 Å². The summed E-state index contributed by atoms with van der Waals surface area (Å²) in [6.07, 6.45) is 0. The van der Waals surface area contributed by atoms with Gasteiger partial charge in [0.05, 0.1) is 5.69 Å². The number of aromatic nitrogens is 2. The molecule has 1 aromatic heterocycles. The largest absolute Gasteiger partial charge is 0.368 e. The van der Waals surface area contributed by atoms with Crippen molar-refractivity contribution in [2.45, 2.75) is 0 Å². The second kappa shape index (κ2) is 5.81. The first kappa shape index (κ1) is 13.4. The summed E-state index contributed by atoms with van der Waals surface area (Å²) in [7, 11) is 0. The van der Waals surface area contributed by atoms with Crippen LogP contribution >= 0.6 is 11.6 Å². The fourth-order valence-corrected chi connectivity index (χ4v) is 2.09. The predicted octanol–water partition coefficient (Wildman–Crippen LogP) is 4.12. The smallest absolute Gasteiger partial charge is 0.222 e. The van der Waals surface area contributed by atoms with E-state index in [0.717, 1.165) is 16.9 Å². The first-order chi connectivity index (χ1) is 10.2. The van der Waals surface area contributed by atoms with Gasteiger partial charge in [0.1, 0.15) is 5.82 Å². The average Bonchev–Trinajstić information content (AvgIpc) is 2.50. The standard InChI is InChI=1S/C16H13ClN4/c17-12-6-8-13(9-7-12)19-15-10-14(20-16(18)21-15)11-4-2-1-3-5-11/h1-10H,(H3,18,19,20,21). The van der Waals surface area contributed by atoms with Crippen molar-refractivity contribution in [1.29, 1.82) is 0 Å². The number of anilines is 3. The maximum Gasteiger partial charge on any atom is 0.222 e. The van der Waals surface area contributed by atoms with Gasteiger partial charge in [0.15, 0.2) is 0 Å². The Labute approximate surface area is 127 Å². The van der Waals surface area contributed by atoms with Gasteiger partial charge in [-0.3, -0.25) is 0 Å². The number of hydrogen-bond donors (Lipinski definition) is 2. The highest BCUT2D eigenvalue weighted by Gasteiger charge is 2.05. The van der Waals surface area contributed by atoms with Crippen LogP contribution in [-0.2, 0) is 0 Å². The van der Waals surface area contributed by atoms with Crippen LogP contribution in [0.5, 0.6) is 0 Å². The molecular weight excluding hydrogens is 284 g/mol. The van der Waals surface area contributed by atoms with Gasteiger partial charge in [-0.15, -0.1) is 0 Å². The average molecular weight is 297 g/mol. The lowest BCUT2D eigenvalue weighted by Crippen LogP contribution is -2.01. The van der Waals surface area contributed by atoms with Gasteiger partial charge in [0.2, 0.25) is 5.95 Å². The van der Waals surface area contributed by atoms with Crippen molar-refractivity contribution >= 4 is 29.1 Å². The molecule has 0 fully saturated rings. The number of halogens is 1. The third-order valence-electron chi connectivity index (χ3n) is 2.93. The lowest BCUT2D eigenvalue weighted by molar-refractivity contribution is 1.19. The molecule has 4 nitrogen and oxygen atoms in total. The van der Waals surface area contributed by atoms with Crippen LogP contribution in [0.25, 0.3) is 11.3 Å². The molecule has 0 radical (unpaired) electrons. The van der Waals surface area contributed by atoms with E-state index in [2.05, 4.69) is 15.3 Å². The Morgan fingerprint density at radius 2 is 1.62 bits per heavy atom. The van der Waals surface area contributed by atoms with Gasteiger partial charge in [-0.2, -0.15) is 4.98 Å². The Kier molecular flexibility index (Phi) is 3.71. The zero-order valence-corrected chi connectivity index (χ0v) is 11.9. The topological polar surface area (TPSA) is 63.8 Å². The van der Waals surface area contributed by atoms with Gasteiger partial charge in [-0.25, -0.2) is 4.98 Å². The van der Waals surface area contributed by atoms with E-state index in [9.17, 15) is 0 Å². The molecule has 2 aromatic carbocycles. The minimum atomic E-state index is 0.229. The summed E-state index contributed by atoms with van der Waals surface area (Å²) in [6, 6.07) is 19.1. The second-order valence-electron chi connectivity index (χ2n) is 4.49.